The number of carbonyl (C=O) groups is 2. The van der Waals surface area contributed by atoms with Crippen molar-refractivity contribution >= 4 is 45.7 Å². The maximum atomic E-state index is 13.5. The zero-order valence-electron chi connectivity index (χ0n) is 24.2. The lowest BCUT2D eigenvalue weighted by Crippen LogP contribution is -2.62. The Morgan fingerprint density at radius 3 is 1.38 bits per heavy atom. The molecule has 0 aromatic rings. The molecule has 0 aromatic heterocycles. The molecule has 0 spiro atoms. The van der Waals surface area contributed by atoms with Gasteiger partial charge in [0, 0.05) is 25.1 Å². The second-order valence-electron chi connectivity index (χ2n) is 11.9. The molecule has 0 unspecified atom stereocenters. The predicted octanol–water partition coefficient (Wildman–Crippen LogP) is 7.03. The van der Waals surface area contributed by atoms with Gasteiger partial charge in [-0.05, 0) is 65.3 Å². The first kappa shape index (κ1) is 38.9. The lowest BCUT2D eigenvalue weighted by Gasteiger charge is -2.42. The monoisotopic (exact) mass is 666 g/mol. The summed E-state index contributed by atoms with van der Waals surface area (Å²) < 4.78 is 133. The van der Waals surface area contributed by atoms with E-state index in [1.54, 1.807) is 0 Å². The molecule has 0 N–H and O–H groups in total. The van der Waals surface area contributed by atoms with Gasteiger partial charge in [-0.1, -0.05) is 0 Å². The Bertz CT molecular complexity index is 868. The van der Waals surface area contributed by atoms with Crippen molar-refractivity contribution in [3.8, 4) is 0 Å². The van der Waals surface area contributed by atoms with Crippen molar-refractivity contribution in [3.05, 3.63) is 12.2 Å². The van der Waals surface area contributed by atoms with E-state index in [-0.39, 0.29) is 31.2 Å². The number of hydrogen-bond acceptors (Lipinski definition) is 7. The van der Waals surface area contributed by atoms with Gasteiger partial charge in [0.1, 0.15) is 0 Å². The van der Waals surface area contributed by atoms with E-state index in [0.717, 1.165) is 0 Å². The molecule has 0 amide bonds. The minimum Gasteiger partial charge on any atom is -0.463 e. The molecule has 0 saturated heterocycles. The van der Waals surface area contributed by atoms with Gasteiger partial charge in [-0.15, -0.1) is 0 Å². The van der Waals surface area contributed by atoms with Crippen LogP contribution in [0.5, 0.6) is 0 Å². The van der Waals surface area contributed by atoms with Gasteiger partial charge >= 0.3 is 44.6 Å². The maximum absolute atomic E-state index is 13.5. The average molecular weight is 667 g/mol. The average Bonchev–Trinajstić information content (AvgIpc) is 2.64. The number of ether oxygens (including phenoxy) is 2. The van der Waals surface area contributed by atoms with Gasteiger partial charge in [0.25, 0.3) is 0 Å². The van der Waals surface area contributed by atoms with Crippen LogP contribution in [-0.4, -0.2) is 76.2 Å². The Morgan fingerprint density at radius 1 is 0.650 bits per heavy atom. The van der Waals surface area contributed by atoms with Crippen LogP contribution >= 0.6 is 0 Å². The zero-order valence-corrected chi connectivity index (χ0v) is 28.2. The largest absolute Gasteiger partial charge is 0.473 e. The van der Waals surface area contributed by atoms with Crippen molar-refractivity contribution in [1.82, 2.24) is 0 Å². The third-order valence-corrected chi connectivity index (χ3v) is 16.2. The van der Waals surface area contributed by atoms with Gasteiger partial charge in [0.2, 0.25) is 0 Å². The Balaban J connectivity index is 5.37. The molecule has 0 rings (SSSR count). The molecular weight excluding hydrogens is 629 g/mol. The number of alkyl halides is 8. The molecule has 0 aromatic carbocycles. The van der Waals surface area contributed by atoms with E-state index in [2.05, 4.69) is 4.74 Å². The minimum absolute atomic E-state index is 0.0927. The molecule has 7 nitrogen and oxygen atoms in total. The summed E-state index contributed by atoms with van der Waals surface area (Å²) in [5.41, 5.74) is 0. The van der Waals surface area contributed by atoms with Crippen LogP contribution in [0, 0.1) is 0 Å². The van der Waals surface area contributed by atoms with Crippen LogP contribution < -0.4 is 0 Å². The van der Waals surface area contributed by atoms with Crippen molar-refractivity contribution in [1.29, 1.82) is 0 Å². The standard InChI is InChI=1S/C21H38F8O7Si4/c1-18(22,23)19(24,25)20(26,27)21(28,29)33-17(31)13-12-16(30)32-14-11-15-40(34-37(2,3)4,35-38(5,6)7)36-39(8,9)10/h12-13H,11,14-15H2,1-10H3/b13-12+. The summed E-state index contributed by atoms with van der Waals surface area (Å²) in [6, 6.07) is 0.266. The summed E-state index contributed by atoms with van der Waals surface area (Å²) in [6.07, 6.45) is -6.02. The Kier molecular flexibility index (Phi) is 12.7. The third kappa shape index (κ3) is 12.4. The SMILES string of the molecule is CC(F)(F)C(F)(F)C(F)(F)C(F)(F)OC(=O)/C=C/C(=O)OCCC[Si](O[Si](C)(C)C)(O[Si](C)(C)C)O[Si](C)(C)C. The highest BCUT2D eigenvalue weighted by atomic mass is 28.5. The third-order valence-electron chi connectivity index (χ3n) is 4.15. The van der Waals surface area contributed by atoms with E-state index in [1.165, 1.54) is 0 Å². The van der Waals surface area contributed by atoms with Gasteiger partial charge < -0.3 is 21.8 Å². The van der Waals surface area contributed by atoms with Gasteiger partial charge in [0.05, 0.1) is 6.61 Å². The van der Waals surface area contributed by atoms with Crippen molar-refractivity contribution in [2.45, 2.75) is 102 Å². The first-order valence-corrected chi connectivity index (χ1v) is 24.2. The first-order chi connectivity index (χ1) is 17.4. The highest BCUT2D eigenvalue weighted by Gasteiger charge is 2.81. The molecule has 40 heavy (non-hydrogen) atoms. The van der Waals surface area contributed by atoms with Gasteiger partial charge in [-0.3, -0.25) is 0 Å². The van der Waals surface area contributed by atoms with Crippen molar-refractivity contribution in [3.63, 3.8) is 0 Å². The van der Waals surface area contributed by atoms with Crippen LogP contribution in [0.4, 0.5) is 35.1 Å². The molecule has 0 atom stereocenters. The molecule has 0 radical (unpaired) electrons. The lowest BCUT2D eigenvalue weighted by molar-refractivity contribution is -0.413. The molecule has 0 fully saturated rings. The van der Waals surface area contributed by atoms with E-state index >= 15 is 0 Å². The van der Waals surface area contributed by atoms with E-state index in [1.807, 2.05) is 58.9 Å². The van der Waals surface area contributed by atoms with Crippen molar-refractivity contribution in [2.24, 2.45) is 0 Å². The maximum Gasteiger partial charge on any atom is 0.473 e. The highest BCUT2D eigenvalue weighted by Crippen LogP contribution is 2.52. The highest BCUT2D eigenvalue weighted by molar-refractivity contribution is 6.90. The van der Waals surface area contributed by atoms with Crippen molar-refractivity contribution < 1.29 is 66.5 Å². The molecule has 0 bridgehead atoms. The molecule has 0 heterocycles. The zero-order chi connectivity index (χ0) is 32.2. The lowest BCUT2D eigenvalue weighted by atomic mass is 10.1. The van der Waals surface area contributed by atoms with Crippen LogP contribution in [0.2, 0.25) is 65.0 Å². The molecule has 0 saturated carbocycles. The number of halogens is 8. The van der Waals surface area contributed by atoms with E-state index in [4.69, 9.17) is 17.1 Å². The number of rotatable bonds is 16. The fourth-order valence-corrected chi connectivity index (χ4v) is 17.6. The molecule has 0 aliphatic carbocycles. The second kappa shape index (κ2) is 13.0. The predicted molar refractivity (Wildman–Crippen MR) is 140 cm³/mol. The van der Waals surface area contributed by atoms with Crippen molar-refractivity contribution in [2.75, 3.05) is 6.61 Å². The number of esters is 2. The molecule has 0 aliphatic rings. The number of hydrogen-bond donors (Lipinski definition) is 0. The Hall–Kier alpha value is -1.13. The summed E-state index contributed by atoms with van der Waals surface area (Å²) >= 11 is 0. The van der Waals surface area contributed by atoms with E-state index in [9.17, 15) is 44.7 Å². The van der Waals surface area contributed by atoms with Gasteiger partial charge in [0.15, 0.2) is 25.0 Å². The van der Waals surface area contributed by atoms with E-state index in [0.29, 0.717) is 0 Å². The van der Waals surface area contributed by atoms with Crippen LogP contribution in [-0.2, 0) is 31.4 Å². The fourth-order valence-electron chi connectivity index (χ4n) is 2.94. The molecule has 0 aliphatic heterocycles. The topological polar surface area (TPSA) is 80.3 Å². The fraction of sp³-hybridized carbons (Fsp3) is 0.810. The van der Waals surface area contributed by atoms with E-state index < -0.39 is 76.5 Å². The summed E-state index contributed by atoms with van der Waals surface area (Å²) in [7, 11) is -9.77. The second-order valence-corrected chi connectivity index (χ2v) is 28.9. The Labute approximate surface area is 233 Å². The van der Waals surface area contributed by atoms with Gasteiger partial charge in [-0.2, -0.15) is 35.1 Å². The molecular formula is C21H38F8O7Si4. The van der Waals surface area contributed by atoms with Crippen LogP contribution in [0.25, 0.3) is 0 Å². The first-order valence-electron chi connectivity index (χ1n) is 12.1. The minimum atomic E-state index is -6.77. The number of carbonyl (C=O) groups excluding carboxylic acids is 2. The Morgan fingerprint density at radius 2 is 1.02 bits per heavy atom. The molecule has 19 heteroatoms. The van der Waals surface area contributed by atoms with Crippen LogP contribution in [0.1, 0.15) is 13.3 Å². The van der Waals surface area contributed by atoms with Crippen LogP contribution in [0.3, 0.4) is 0 Å². The molecule has 236 valence electrons. The normalized spacial score (nSPS) is 14.9. The summed E-state index contributed by atoms with van der Waals surface area (Å²) in [5, 5.41) is 0. The summed E-state index contributed by atoms with van der Waals surface area (Å²) in [4.78, 5) is 23.3. The summed E-state index contributed by atoms with van der Waals surface area (Å²) in [6.45, 7) is 16.7. The van der Waals surface area contributed by atoms with Crippen LogP contribution in [0.15, 0.2) is 12.2 Å². The smallest absolute Gasteiger partial charge is 0.463 e. The quantitative estimate of drug-likeness (QED) is 0.0576. The van der Waals surface area contributed by atoms with Gasteiger partial charge in [-0.25, -0.2) is 9.59 Å². The summed E-state index contributed by atoms with van der Waals surface area (Å²) in [5.74, 6) is -22.6.